The summed E-state index contributed by atoms with van der Waals surface area (Å²) in [5.41, 5.74) is -1.86. The number of sulfonamides is 1. The summed E-state index contributed by atoms with van der Waals surface area (Å²) in [5.74, 6) is -1.07. The number of nitrogens with one attached hydrogen (secondary N) is 1. The minimum Gasteiger partial charge on any atom is -0.465 e. The fourth-order valence-corrected chi connectivity index (χ4v) is 1.87. The van der Waals surface area contributed by atoms with E-state index in [1.165, 1.54) is 0 Å². The predicted octanol–water partition coefficient (Wildman–Crippen LogP) is 1.86. The minimum absolute atomic E-state index is 0.276. The van der Waals surface area contributed by atoms with E-state index in [4.69, 9.17) is 0 Å². The van der Waals surface area contributed by atoms with E-state index in [-0.39, 0.29) is 5.69 Å². The summed E-state index contributed by atoms with van der Waals surface area (Å²) < 4.78 is 65.9. The van der Waals surface area contributed by atoms with Crippen LogP contribution in [0.4, 0.5) is 18.9 Å². The van der Waals surface area contributed by atoms with Gasteiger partial charge in [-0.05, 0) is 18.2 Å². The second-order valence-corrected chi connectivity index (χ2v) is 5.37. The van der Waals surface area contributed by atoms with E-state index in [1.54, 1.807) is 0 Å². The summed E-state index contributed by atoms with van der Waals surface area (Å²) in [5, 5.41) is 0. The third kappa shape index (κ3) is 4.12. The van der Waals surface area contributed by atoms with Crippen molar-refractivity contribution in [3.05, 3.63) is 29.3 Å². The van der Waals surface area contributed by atoms with E-state index in [2.05, 4.69) is 4.74 Å². The lowest BCUT2D eigenvalue weighted by molar-refractivity contribution is -0.137. The summed E-state index contributed by atoms with van der Waals surface area (Å²) in [6.45, 7) is 0. The smallest absolute Gasteiger partial charge is 0.416 e. The van der Waals surface area contributed by atoms with E-state index in [0.29, 0.717) is 12.1 Å². The highest BCUT2D eigenvalue weighted by atomic mass is 32.2. The molecule has 1 aromatic carbocycles. The Morgan fingerprint density at radius 2 is 1.89 bits per heavy atom. The predicted molar refractivity (Wildman–Crippen MR) is 61.3 cm³/mol. The van der Waals surface area contributed by atoms with Gasteiger partial charge in [-0.2, -0.15) is 13.2 Å². The molecule has 0 aliphatic rings. The van der Waals surface area contributed by atoms with Crippen molar-refractivity contribution in [2.24, 2.45) is 0 Å². The van der Waals surface area contributed by atoms with Crippen LogP contribution in [0.3, 0.4) is 0 Å². The van der Waals surface area contributed by atoms with Crippen molar-refractivity contribution in [1.29, 1.82) is 0 Å². The van der Waals surface area contributed by atoms with Crippen LogP contribution in [0.25, 0.3) is 0 Å². The average Bonchev–Trinajstić information content (AvgIpc) is 2.25. The lowest BCUT2D eigenvalue weighted by atomic mass is 10.1. The molecule has 0 saturated carbocycles. The number of alkyl halides is 3. The zero-order valence-electron chi connectivity index (χ0n) is 9.91. The van der Waals surface area contributed by atoms with Gasteiger partial charge >= 0.3 is 12.1 Å². The molecule has 0 aliphatic carbocycles. The number of benzene rings is 1. The summed E-state index contributed by atoms with van der Waals surface area (Å²) in [6.07, 6.45) is -3.84. The van der Waals surface area contributed by atoms with Gasteiger partial charge in [-0.1, -0.05) is 0 Å². The number of hydrogen-bond donors (Lipinski definition) is 1. The van der Waals surface area contributed by atoms with Gasteiger partial charge < -0.3 is 4.74 Å². The third-order valence-corrected chi connectivity index (χ3v) is 2.64. The topological polar surface area (TPSA) is 72.5 Å². The molecule has 0 heterocycles. The Hall–Kier alpha value is -1.77. The lowest BCUT2D eigenvalue weighted by Gasteiger charge is -2.12. The van der Waals surface area contributed by atoms with Gasteiger partial charge in [0, 0.05) is 0 Å². The zero-order chi connectivity index (χ0) is 14.8. The molecule has 5 nitrogen and oxygen atoms in total. The van der Waals surface area contributed by atoms with Crippen molar-refractivity contribution in [1.82, 2.24) is 0 Å². The van der Waals surface area contributed by atoms with Crippen LogP contribution < -0.4 is 4.72 Å². The molecule has 9 heteroatoms. The van der Waals surface area contributed by atoms with Crippen molar-refractivity contribution >= 4 is 21.7 Å². The Balaban J connectivity index is 3.37. The Morgan fingerprint density at radius 3 is 2.32 bits per heavy atom. The SMILES string of the molecule is COC(=O)c1cc(C(F)(F)F)ccc1NS(C)(=O)=O. The highest BCUT2D eigenvalue weighted by Gasteiger charge is 2.32. The highest BCUT2D eigenvalue weighted by Crippen LogP contribution is 2.32. The molecule has 0 saturated heterocycles. The molecule has 0 atom stereocenters. The number of esters is 1. The Bertz CT molecular complexity index is 595. The number of rotatable bonds is 3. The summed E-state index contributed by atoms with van der Waals surface area (Å²) >= 11 is 0. The van der Waals surface area contributed by atoms with Crippen molar-refractivity contribution in [3.8, 4) is 0 Å². The maximum Gasteiger partial charge on any atom is 0.416 e. The molecule has 0 amide bonds. The van der Waals surface area contributed by atoms with Crippen LogP contribution >= 0.6 is 0 Å². The monoisotopic (exact) mass is 297 g/mol. The van der Waals surface area contributed by atoms with Gasteiger partial charge in [0.1, 0.15) is 0 Å². The molecule has 0 fully saturated rings. The molecule has 0 bridgehead atoms. The van der Waals surface area contributed by atoms with E-state index < -0.39 is 33.3 Å². The Morgan fingerprint density at radius 1 is 1.32 bits per heavy atom. The van der Waals surface area contributed by atoms with Crippen LogP contribution in [0.2, 0.25) is 0 Å². The zero-order valence-corrected chi connectivity index (χ0v) is 10.7. The summed E-state index contributed by atoms with van der Waals surface area (Å²) in [7, 11) is -2.75. The lowest BCUT2D eigenvalue weighted by Crippen LogP contribution is -2.15. The first-order valence-electron chi connectivity index (χ1n) is 4.82. The van der Waals surface area contributed by atoms with E-state index in [1.807, 2.05) is 4.72 Å². The third-order valence-electron chi connectivity index (χ3n) is 2.05. The fourth-order valence-electron chi connectivity index (χ4n) is 1.29. The van der Waals surface area contributed by atoms with Crippen molar-refractivity contribution in [2.45, 2.75) is 6.18 Å². The van der Waals surface area contributed by atoms with Gasteiger partial charge in [-0.3, -0.25) is 4.72 Å². The Labute approximate surface area is 107 Å². The number of carbonyl (C=O) groups is 1. The summed E-state index contributed by atoms with van der Waals surface area (Å²) in [4.78, 5) is 11.4. The fraction of sp³-hybridized carbons (Fsp3) is 0.300. The van der Waals surface area contributed by atoms with Gasteiger partial charge in [-0.25, -0.2) is 13.2 Å². The maximum absolute atomic E-state index is 12.5. The van der Waals surface area contributed by atoms with Crippen LogP contribution in [-0.4, -0.2) is 27.8 Å². The number of methoxy groups -OCH3 is 1. The second-order valence-electron chi connectivity index (χ2n) is 3.62. The van der Waals surface area contributed by atoms with Crippen molar-refractivity contribution in [2.75, 3.05) is 18.1 Å². The number of ether oxygens (including phenoxy) is 1. The molecule has 0 unspecified atom stereocenters. The minimum atomic E-state index is -4.65. The molecular formula is C10H10F3NO4S. The molecule has 106 valence electrons. The highest BCUT2D eigenvalue weighted by molar-refractivity contribution is 7.92. The van der Waals surface area contributed by atoms with Crippen LogP contribution in [0.15, 0.2) is 18.2 Å². The van der Waals surface area contributed by atoms with Gasteiger partial charge in [0.05, 0.1) is 30.2 Å². The van der Waals surface area contributed by atoms with E-state index in [0.717, 1.165) is 19.4 Å². The molecule has 0 spiro atoms. The summed E-state index contributed by atoms with van der Waals surface area (Å²) in [6, 6.07) is 2.05. The molecule has 1 aromatic rings. The van der Waals surface area contributed by atoms with Gasteiger partial charge in [-0.15, -0.1) is 0 Å². The largest absolute Gasteiger partial charge is 0.465 e. The number of carbonyl (C=O) groups excluding carboxylic acids is 1. The van der Waals surface area contributed by atoms with Crippen LogP contribution in [0.5, 0.6) is 0 Å². The van der Waals surface area contributed by atoms with E-state index in [9.17, 15) is 26.4 Å². The number of hydrogen-bond acceptors (Lipinski definition) is 4. The molecule has 1 N–H and O–H groups in total. The second kappa shape index (κ2) is 5.08. The average molecular weight is 297 g/mol. The number of halogens is 3. The van der Waals surface area contributed by atoms with Crippen molar-refractivity contribution in [3.63, 3.8) is 0 Å². The van der Waals surface area contributed by atoms with Gasteiger partial charge in [0.25, 0.3) is 0 Å². The van der Waals surface area contributed by atoms with Crippen LogP contribution in [-0.2, 0) is 20.9 Å². The first kappa shape index (κ1) is 15.3. The van der Waals surface area contributed by atoms with Crippen LogP contribution in [0.1, 0.15) is 15.9 Å². The van der Waals surface area contributed by atoms with E-state index >= 15 is 0 Å². The standard InChI is InChI=1S/C10H10F3NO4S/c1-18-9(15)7-5-6(10(11,12)13)3-4-8(7)14-19(2,16)17/h3-5,14H,1-2H3. The van der Waals surface area contributed by atoms with Gasteiger partial charge in [0.2, 0.25) is 10.0 Å². The molecular weight excluding hydrogens is 287 g/mol. The molecule has 0 aliphatic heterocycles. The first-order chi connectivity index (χ1) is 8.54. The first-order valence-corrected chi connectivity index (χ1v) is 6.71. The Kier molecular flexibility index (Phi) is 4.09. The molecule has 0 aromatic heterocycles. The maximum atomic E-state index is 12.5. The molecule has 0 radical (unpaired) electrons. The van der Waals surface area contributed by atoms with Crippen molar-refractivity contribution < 1.29 is 31.1 Å². The molecule has 19 heavy (non-hydrogen) atoms. The quantitative estimate of drug-likeness (QED) is 0.864. The normalized spacial score (nSPS) is 12.1. The number of anilines is 1. The van der Waals surface area contributed by atoms with Gasteiger partial charge in [0.15, 0.2) is 0 Å². The van der Waals surface area contributed by atoms with Crippen LogP contribution in [0, 0.1) is 0 Å². The molecule has 1 rings (SSSR count).